The molecule has 0 spiro atoms. The van der Waals surface area contributed by atoms with Crippen molar-refractivity contribution in [1.82, 2.24) is 9.80 Å². The first-order valence-electron chi connectivity index (χ1n) is 7.60. The van der Waals surface area contributed by atoms with Crippen LogP contribution in [0.15, 0.2) is 24.3 Å². The molecule has 23 heavy (non-hydrogen) atoms. The van der Waals surface area contributed by atoms with Crippen LogP contribution in [0.1, 0.15) is 18.9 Å². The van der Waals surface area contributed by atoms with Crippen molar-refractivity contribution in [3.8, 4) is 0 Å². The van der Waals surface area contributed by atoms with Crippen LogP contribution in [-0.4, -0.2) is 53.2 Å². The summed E-state index contributed by atoms with van der Waals surface area (Å²) in [7, 11) is 0. The number of aryl methyl sites for hydroxylation is 1. The van der Waals surface area contributed by atoms with Gasteiger partial charge in [0.05, 0.1) is 0 Å². The number of imide groups is 2. The Morgan fingerprint density at radius 1 is 1.09 bits per heavy atom. The highest BCUT2D eigenvalue weighted by molar-refractivity contribution is 6.45. The minimum absolute atomic E-state index is 0.112. The monoisotopic (exact) mass is 315 g/mol. The maximum atomic E-state index is 12.6. The Balaban J connectivity index is 1.80. The van der Waals surface area contributed by atoms with E-state index in [4.69, 9.17) is 0 Å². The van der Waals surface area contributed by atoms with E-state index in [9.17, 15) is 19.2 Å². The standard InChI is InChI=1S/C16H17N3O4/c1-2-17-14(21)15(22)19(16(17)23)10-13(20)18-9-5-7-11-6-3-4-8-12(11)18/h3-4,6,8H,2,5,7,9-10H2,1H3. The van der Waals surface area contributed by atoms with E-state index in [1.54, 1.807) is 11.8 Å². The van der Waals surface area contributed by atoms with Crippen LogP contribution in [0.4, 0.5) is 10.5 Å². The van der Waals surface area contributed by atoms with Crippen LogP contribution in [0, 0.1) is 0 Å². The Bertz CT molecular complexity index is 700. The number of carbonyl (C=O) groups excluding carboxylic acids is 4. The lowest BCUT2D eigenvalue weighted by atomic mass is 10.0. The highest BCUT2D eigenvalue weighted by atomic mass is 16.2. The summed E-state index contributed by atoms with van der Waals surface area (Å²) in [5.41, 5.74) is 1.87. The fourth-order valence-corrected chi connectivity index (χ4v) is 2.98. The van der Waals surface area contributed by atoms with Gasteiger partial charge >= 0.3 is 17.8 Å². The van der Waals surface area contributed by atoms with Gasteiger partial charge in [0.25, 0.3) is 0 Å². The normalized spacial score (nSPS) is 17.8. The third kappa shape index (κ3) is 2.48. The predicted octanol–water partition coefficient (Wildman–Crippen LogP) is 0.777. The second-order valence-corrected chi connectivity index (χ2v) is 5.50. The van der Waals surface area contributed by atoms with Crippen LogP contribution in [0.2, 0.25) is 0 Å². The largest absolute Gasteiger partial charge is 0.334 e. The summed E-state index contributed by atoms with van der Waals surface area (Å²) < 4.78 is 0. The van der Waals surface area contributed by atoms with Crippen LogP contribution in [-0.2, 0) is 20.8 Å². The van der Waals surface area contributed by atoms with Crippen LogP contribution < -0.4 is 4.90 Å². The summed E-state index contributed by atoms with van der Waals surface area (Å²) in [5, 5.41) is 0. The van der Waals surface area contributed by atoms with Crippen molar-refractivity contribution in [2.45, 2.75) is 19.8 Å². The van der Waals surface area contributed by atoms with Gasteiger partial charge in [0.15, 0.2) is 0 Å². The van der Waals surface area contributed by atoms with Gasteiger partial charge in [0.2, 0.25) is 5.91 Å². The van der Waals surface area contributed by atoms with Crippen molar-refractivity contribution in [1.29, 1.82) is 0 Å². The number of nitrogens with zero attached hydrogens (tertiary/aromatic N) is 3. The molecule has 1 saturated heterocycles. The first kappa shape index (κ1) is 15.2. The van der Waals surface area contributed by atoms with Gasteiger partial charge in [0, 0.05) is 18.8 Å². The number of urea groups is 1. The van der Waals surface area contributed by atoms with Crippen molar-refractivity contribution in [3.05, 3.63) is 29.8 Å². The van der Waals surface area contributed by atoms with Gasteiger partial charge in [-0.15, -0.1) is 0 Å². The molecule has 0 radical (unpaired) electrons. The molecule has 0 aromatic heterocycles. The maximum Gasteiger partial charge on any atom is 0.334 e. The molecule has 0 aliphatic carbocycles. The van der Waals surface area contributed by atoms with Gasteiger partial charge in [-0.3, -0.25) is 19.3 Å². The molecule has 0 unspecified atom stereocenters. The Morgan fingerprint density at radius 3 is 2.48 bits per heavy atom. The molecule has 0 saturated carbocycles. The lowest BCUT2D eigenvalue weighted by Crippen LogP contribution is -2.45. The first-order valence-corrected chi connectivity index (χ1v) is 7.60. The first-order chi connectivity index (χ1) is 11.0. The summed E-state index contributed by atoms with van der Waals surface area (Å²) in [5.74, 6) is -2.16. The molecular formula is C16H17N3O4. The molecule has 3 rings (SSSR count). The third-order valence-corrected chi connectivity index (χ3v) is 4.16. The molecule has 7 heteroatoms. The second-order valence-electron chi connectivity index (χ2n) is 5.50. The lowest BCUT2D eigenvalue weighted by molar-refractivity contribution is -0.143. The molecule has 0 bridgehead atoms. The fourth-order valence-electron chi connectivity index (χ4n) is 2.98. The van der Waals surface area contributed by atoms with Gasteiger partial charge in [-0.05, 0) is 31.4 Å². The molecule has 5 amide bonds. The van der Waals surface area contributed by atoms with Crippen molar-refractivity contribution in [3.63, 3.8) is 0 Å². The van der Waals surface area contributed by atoms with Crippen molar-refractivity contribution in [2.75, 3.05) is 24.5 Å². The maximum absolute atomic E-state index is 12.6. The highest BCUT2D eigenvalue weighted by Crippen LogP contribution is 2.27. The molecule has 0 N–H and O–H groups in total. The van der Waals surface area contributed by atoms with E-state index in [1.807, 2.05) is 24.3 Å². The number of carbonyl (C=O) groups is 4. The van der Waals surface area contributed by atoms with Crippen molar-refractivity contribution >= 4 is 29.4 Å². The molecule has 2 aliphatic heterocycles. The second kappa shape index (κ2) is 5.83. The average molecular weight is 315 g/mol. The van der Waals surface area contributed by atoms with Gasteiger partial charge < -0.3 is 4.90 Å². The average Bonchev–Trinajstić information content (AvgIpc) is 2.77. The van der Waals surface area contributed by atoms with Crippen LogP contribution in [0.3, 0.4) is 0 Å². The SMILES string of the molecule is CCN1C(=O)C(=O)N(CC(=O)N2CCCc3ccccc32)C1=O. The lowest BCUT2D eigenvalue weighted by Gasteiger charge is -2.30. The molecule has 7 nitrogen and oxygen atoms in total. The molecular weight excluding hydrogens is 298 g/mol. The third-order valence-electron chi connectivity index (χ3n) is 4.16. The molecule has 1 fully saturated rings. The van der Waals surface area contributed by atoms with Gasteiger partial charge in [-0.2, -0.15) is 0 Å². The van der Waals surface area contributed by atoms with Gasteiger partial charge in [-0.25, -0.2) is 9.69 Å². The van der Waals surface area contributed by atoms with Crippen LogP contribution >= 0.6 is 0 Å². The molecule has 2 aliphatic rings. The minimum atomic E-state index is -0.935. The number of hydrogen-bond donors (Lipinski definition) is 0. The summed E-state index contributed by atoms with van der Waals surface area (Å²) in [6.45, 7) is 1.85. The quantitative estimate of drug-likeness (QED) is 0.610. The van der Waals surface area contributed by atoms with E-state index in [0.717, 1.165) is 33.9 Å². The number of rotatable bonds is 3. The molecule has 0 atom stereocenters. The summed E-state index contributed by atoms with van der Waals surface area (Å²) in [6.07, 6.45) is 1.72. The van der Waals surface area contributed by atoms with Crippen LogP contribution in [0.25, 0.3) is 0 Å². The molecule has 1 aromatic carbocycles. The van der Waals surface area contributed by atoms with Gasteiger partial charge in [0.1, 0.15) is 6.54 Å². The zero-order chi connectivity index (χ0) is 16.6. The van der Waals surface area contributed by atoms with E-state index in [0.29, 0.717) is 6.54 Å². The number of anilines is 1. The molecule has 2 heterocycles. The fraction of sp³-hybridized carbons (Fsp3) is 0.375. The Morgan fingerprint density at radius 2 is 1.78 bits per heavy atom. The van der Waals surface area contributed by atoms with E-state index < -0.39 is 24.4 Å². The van der Waals surface area contributed by atoms with Crippen LogP contribution in [0.5, 0.6) is 0 Å². The summed E-state index contributed by atoms with van der Waals surface area (Å²) in [4.78, 5) is 51.4. The summed E-state index contributed by atoms with van der Waals surface area (Å²) >= 11 is 0. The smallest absolute Gasteiger partial charge is 0.311 e. The Kier molecular flexibility index (Phi) is 3.85. The molecule has 120 valence electrons. The van der Waals surface area contributed by atoms with E-state index in [1.165, 1.54) is 0 Å². The summed E-state index contributed by atoms with van der Waals surface area (Å²) in [6, 6.07) is 6.85. The zero-order valence-corrected chi connectivity index (χ0v) is 12.8. The highest BCUT2D eigenvalue weighted by Gasteiger charge is 2.44. The van der Waals surface area contributed by atoms with Crippen molar-refractivity contribution in [2.24, 2.45) is 0 Å². The minimum Gasteiger partial charge on any atom is -0.311 e. The number of amides is 5. The molecule has 1 aromatic rings. The Labute approximate surface area is 133 Å². The number of hydrogen-bond acceptors (Lipinski definition) is 4. The predicted molar refractivity (Wildman–Crippen MR) is 81.6 cm³/mol. The van der Waals surface area contributed by atoms with E-state index >= 15 is 0 Å². The number of likely N-dealkylation sites (N-methyl/N-ethyl adjacent to an activating group) is 1. The van der Waals surface area contributed by atoms with Crippen molar-refractivity contribution < 1.29 is 19.2 Å². The Hall–Kier alpha value is -2.70. The van der Waals surface area contributed by atoms with E-state index in [2.05, 4.69) is 0 Å². The number of benzene rings is 1. The number of fused-ring (bicyclic) bond motifs is 1. The van der Waals surface area contributed by atoms with E-state index in [-0.39, 0.29) is 12.5 Å². The zero-order valence-electron chi connectivity index (χ0n) is 12.8. The topological polar surface area (TPSA) is 78.0 Å². The van der Waals surface area contributed by atoms with Gasteiger partial charge in [-0.1, -0.05) is 18.2 Å². The number of para-hydroxylation sites is 1.